The highest BCUT2D eigenvalue weighted by Crippen LogP contribution is 2.42. The van der Waals surface area contributed by atoms with Crippen LogP contribution in [0.1, 0.15) is 41.6 Å². The lowest BCUT2D eigenvalue weighted by molar-refractivity contribution is -0.136. The minimum atomic E-state index is -0.597. The Kier molecular flexibility index (Phi) is 8.12. The minimum Gasteiger partial charge on any atom is -0.507 e. The normalized spacial score (nSPS) is 24.8. The number of piperidine rings is 2. The molecule has 3 aromatic rings. The number of aromatic hydroxyl groups is 1. The molecule has 0 saturated carbocycles. The third kappa shape index (κ3) is 5.99. The number of piperazine rings is 1. The Morgan fingerprint density at radius 1 is 0.873 bits per heavy atom. The fourth-order valence-corrected chi connectivity index (χ4v) is 10.1. The van der Waals surface area contributed by atoms with Crippen LogP contribution in [0.25, 0.3) is 11.3 Å². The van der Waals surface area contributed by atoms with Crippen molar-refractivity contribution in [3.63, 3.8) is 0 Å². The second kappa shape index (κ2) is 13.1. The maximum absolute atomic E-state index is 13.6. The van der Waals surface area contributed by atoms with Crippen molar-refractivity contribution in [2.75, 3.05) is 87.1 Å². The van der Waals surface area contributed by atoms with Crippen LogP contribution in [0, 0.1) is 11.3 Å². The lowest BCUT2D eigenvalue weighted by atomic mass is 9.72. The molecule has 286 valence electrons. The maximum Gasteiger partial charge on any atom is 0.320 e. The predicted octanol–water partition coefficient (Wildman–Crippen LogP) is 2.18. The first-order valence-corrected chi connectivity index (χ1v) is 19.7. The van der Waals surface area contributed by atoms with E-state index in [1.807, 2.05) is 40.1 Å². The highest BCUT2D eigenvalue weighted by molar-refractivity contribution is 6.05. The Labute approximate surface area is 319 Å². The highest BCUT2D eigenvalue weighted by atomic mass is 16.3. The number of fused-ring (bicyclic) bond motifs is 4. The van der Waals surface area contributed by atoms with Crippen molar-refractivity contribution in [3.8, 4) is 17.0 Å². The Hall–Kier alpha value is -5.44. The van der Waals surface area contributed by atoms with Crippen LogP contribution in [0.3, 0.4) is 0 Å². The summed E-state index contributed by atoms with van der Waals surface area (Å²) in [5, 5.41) is 24.9. The number of aromatic nitrogens is 2. The van der Waals surface area contributed by atoms with Crippen molar-refractivity contribution in [2.24, 2.45) is 11.3 Å². The molecular weight excluding hydrogens is 701 g/mol. The summed E-state index contributed by atoms with van der Waals surface area (Å²) in [7, 11) is 0. The van der Waals surface area contributed by atoms with Gasteiger partial charge in [-0.25, -0.2) is 4.79 Å². The summed E-state index contributed by atoms with van der Waals surface area (Å²) < 4.78 is 0. The summed E-state index contributed by atoms with van der Waals surface area (Å²) in [5.41, 5.74) is 5.10. The molecule has 15 nitrogen and oxygen atoms in total. The summed E-state index contributed by atoms with van der Waals surface area (Å²) in [5.74, 6) is 0.743. The van der Waals surface area contributed by atoms with E-state index < -0.39 is 6.04 Å². The first kappa shape index (κ1) is 34.1. The fraction of sp³-hybridized carbons (Fsp3) is 0.500. The number of rotatable bonds is 5. The number of carbonyl (C=O) groups excluding carboxylic acids is 4. The molecule has 5 fully saturated rings. The van der Waals surface area contributed by atoms with Gasteiger partial charge in [-0.05, 0) is 61.1 Å². The summed E-state index contributed by atoms with van der Waals surface area (Å²) in [6.45, 7) is 9.82. The zero-order valence-corrected chi connectivity index (χ0v) is 30.8. The van der Waals surface area contributed by atoms with Crippen LogP contribution in [0.2, 0.25) is 0 Å². The van der Waals surface area contributed by atoms with Crippen LogP contribution < -0.4 is 20.4 Å². The molecule has 10 rings (SSSR count). The Balaban J connectivity index is 0.676. The van der Waals surface area contributed by atoms with Gasteiger partial charge in [0.05, 0.1) is 17.4 Å². The molecule has 0 bridgehead atoms. The van der Waals surface area contributed by atoms with Gasteiger partial charge in [0.15, 0.2) is 5.82 Å². The van der Waals surface area contributed by atoms with Crippen molar-refractivity contribution in [1.82, 2.24) is 35.1 Å². The van der Waals surface area contributed by atoms with E-state index in [1.54, 1.807) is 17.0 Å². The van der Waals surface area contributed by atoms with Crippen molar-refractivity contribution in [2.45, 2.75) is 44.3 Å². The zero-order valence-electron chi connectivity index (χ0n) is 30.8. The summed E-state index contributed by atoms with van der Waals surface area (Å²) in [6, 6.07) is 14.9. The Morgan fingerprint density at radius 3 is 2.49 bits per heavy atom. The van der Waals surface area contributed by atoms with Crippen molar-refractivity contribution in [1.29, 1.82) is 0 Å². The van der Waals surface area contributed by atoms with Gasteiger partial charge in [0.25, 0.3) is 5.91 Å². The predicted molar refractivity (Wildman–Crippen MR) is 204 cm³/mol. The molecule has 8 heterocycles. The van der Waals surface area contributed by atoms with Crippen LogP contribution in [-0.2, 0) is 16.1 Å². The molecule has 15 heteroatoms. The second-order valence-corrected chi connectivity index (χ2v) is 16.6. The molecule has 1 spiro atoms. The summed E-state index contributed by atoms with van der Waals surface area (Å²) >= 11 is 0. The topological polar surface area (TPSA) is 158 Å². The quantitative estimate of drug-likeness (QED) is 0.329. The van der Waals surface area contributed by atoms with Crippen LogP contribution >= 0.6 is 0 Å². The largest absolute Gasteiger partial charge is 0.507 e. The molecule has 2 atom stereocenters. The van der Waals surface area contributed by atoms with Crippen LogP contribution in [-0.4, -0.2) is 143 Å². The van der Waals surface area contributed by atoms with E-state index in [0.717, 1.165) is 88.0 Å². The van der Waals surface area contributed by atoms with E-state index in [2.05, 4.69) is 41.6 Å². The number of anilines is 3. The molecule has 5 saturated heterocycles. The fourth-order valence-electron chi connectivity index (χ4n) is 10.1. The zero-order chi connectivity index (χ0) is 37.4. The van der Waals surface area contributed by atoms with Gasteiger partial charge in [-0.1, -0.05) is 18.2 Å². The molecule has 0 radical (unpaired) electrons. The van der Waals surface area contributed by atoms with Crippen LogP contribution in [0.5, 0.6) is 5.75 Å². The lowest BCUT2D eigenvalue weighted by Crippen LogP contribution is -2.74. The number of carbonyl (C=O) groups is 4. The van der Waals surface area contributed by atoms with E-state index in [0.29, 0.717) is 55.3 Å². The number of nitrogens with zero attached hydrogens (tertiary/aromatic N) is 8. The van der Waals surface area contributed by atoms with Crippen LogP contribution in [0.15, 0.2) is 48.5 Å². The van der Waals surface area contributed by atoms with Crippen LogP contribution in [0.4, 0.5) is 22.0 Å². The highest BCUT2D eigenvalue weighted by Gasteiger charge is 2.54. The molecule has 5 amide bonds. The SMILES string of the molecule is O=C1CCC(N2Cc3ccc(N4CCC(CN5CC6(C5)CN(C(=O)N5CCN7c8cc(-c9ccccc9O)nnc8NC[C@H]7C5)C6)CC4)cc3C2=O)C(=O)N1. The maximum atomic E-state index is 13.6. The summed E-state index contributed by atoms with van der Waals surface area (Å²) in [6.07, 6.45) is 2.81. The number of phenolic OH excluding ortho intramolecular Hbond substituents is 1. The van der Waals surface area contributed by atoms with Crippen molar-refractivity contribution < 1.29 is 24.3 Å². The molecule has 7 aliphatic rings. The van der Waals surface area contributed by atoms with E-state index in [1.165, 1.54) is 0 Å². The van der Waals surface area contributed by atoms with Gasteiger partial charge >= 0.3 is 6.03 Å². The third-order valence-electron chi connectivity index (χ3n) is 13.0. The first-order chi connectivity index (χ1) is 26.7. The number of phenols is 1. The molecule has 3 N–H and O–H groups in total. The second-order valence-electron chi connectivity index (χ2n) is 16.6. The van der Waals surface area contributed by atoms with E-state index in [-0.39, 0.29) is 47.4 Å². The molecule has 1 unspecified atom stereocenters. The summed E-state index contributed by atoms with van der Waals surface area (Å²) in [4.78, 5) is 63.9. The van der Waals surface area contributed by atoms with E-state index in [4.69, 9.17) is 0 Å². The molecular formula is C40H46N10O5. The van der Waals surface area contributed by atoms with Gasteiger partial charge in [-0.3, -0.25) is 19.7 Å². The van der Waals surface area contributed by atoms with Crippen molar-refractivity contribution in [3.05, 3.63) is 59.7 Å². The minimum absolute atomic E-state index is 0.129. The van der Waals surface area contributed by atoms with E-state index in [9.17, 15) is 24.3 Å². The van der Waals surface area contributed by atoms with Gasteiger partial charge < -0.3 is 39.8 Å². The van der Waals surface area contributed by atoms with Gasteiger partial charge in [-0.15, -0.1) is 10.2 Å². The molecule has 7 aliphatic heterocycles. The van der Waals surface area contributed by atoms with Crippen molar-refractivity contribution >= 4 is 40.9 Å². The van der Waals surface area contributed by atoms with Gasteiger partial charge in [0, 0.05) is 107 Å². The average molecular weight is 747 g/mol. The number of para-hydroxylation sites is 1. The lowest BCUT2D eigenvalue weighted by Gasteiger charge is -2.61. The number of likely N-dealkylation sites (tertiary alicyclic amines) is 2. The standard InChI is InChI=1S/C40H46N10O5/c51-34-4-2-1-3-29(34)31-16-33-36(44-43-31)41-17-28-20-47(13-14-49(28)33)39(55)48-23-40(24-48)21-45(22-40)18-25-9-11-46(12-10-25)27-6-5-26-19-50(38(54)30(26)15-27)32-7-8-35(52)42-37(32)53/h1-6,15-16,25,28,32,51H,7-14,17-24H2,(H,41,44)(H,42,52,53)/t28-,32?/m0/s1. The van der Waals surface area contributed by atoms with Gasteiger partial charge in [0.1, 0.15) is 11.8 Å². The number of amides is 5. The third-order valence-corrected chi connectivity index (χ3v) is 13.0. The number of hydrogen-bond donors (Lipinski definition) is 3. The smallest absolute Gasteiger partial charge is 0.320 e. The monoisotopic (exact) mass is 746 g/mol. The molecule has 2 aromatic carbocycles. The number of nitrogens with one attached hydrogen (secondary N) is 2. The number of benzene rings is 2. The Bertz CT molecular complexity index is 2070. The van der Waals surface area contributed by atoms with E-state index >= 15 is 0 Å². The molecule has 1 aromatic heterocycles. The number of hydrogen-bond acceptors (Lipinski definition) is 11. The molecule has 0 aliphatic carbocycles. The van der Waals surface area contributed by atoms with Gasteiger partial charge in [0.2, 0.25) is 11.8 Å². The molecule has 55 heavy (non-hydrogen) atoms. The first-order valence-electron chi connectivity index (χ1n) is 19.7. The number of urea groups is 1. The van der Waals surface area contributed by atoms with Gasteiger partial charge in [-0.2, -0.15) is 0 Å². The average Bonchev–Trinajstić information content (AvgIpc) is 3.49. The Morgan fingerprint density at radius 2 is 1.69 bits per heavy atom. The number of imide groups is 1.